The van der Waals surface area contributed by atoms with Gasteiger partial charge in [0.2, 0.25) is 5.52 Å². The molecule has 0 bridgehead atoms. The molecule has 4 aromatic carbocycles. The van der Waals surface area contributed by atoms with Gasteiger partial charge < -0.3 is 4.40 Å². The maximum Gasteiger partial charge on any atom is 0.224 e. The van der Waals surface area contributed by atoms with Crippen LogP contribution in [-0.2, 0) is 7.05 Å². The topological polar surface area (TPSA) is 8.29 Å². The van der Waals surface area contributed by atoms with Crippen LogP contribution in [0.2, 0.25) is 0 Å². The zero-order chi connectivity index (χ0) is 21.6. The molecular weight excluding hydrogens is 395 g/mol. The summed E-state index contributed by atoms with van der Waals surface area (Å²) in [4.78, 5) is 0. The molecular formula is C29H20FN2+. The standard InChI is InChI=1S/C29H20FN2/c1-17-10-11-23-22-8-3-4-9-24(22)32-25-16-20(18-6-5-7-21(30)15-18)14-19-12-13-31(2)29(27(19)25)26(17)28(23)32/h3-16H,1-2H3/q+1. The first-order valence-corrected chi connectivity index (χ1v) is 10.9. The van der Waals surface area contributed by atoms with Gasteiger partial charge in [-0.25, -0.2) is 8.96 Å². The first kappa shape index (κ1) is 17.7. The fourth-order valence-corrected chi connectivity index (χ4v) is 5.50. The Morgan fingerprint density at radius 3 is 2.50 bits per heavy atom. The van der Waals surface area contributed by atoms with Crippen LogP contribution in [0.5, 0.6) is 0 Å². The Morgan fingerprint density at radius 1 is 0.750 bits per heavy atom. The van der Waals surface area contributed by atoms with Crippen molar-refractivity contribution in [2.24, 2.45) is 7.05 Å². The lowest BCUT2D eigenvalue weighted by Crippen LogP contribution is -2.28. The summed E-state index contributed by atoms with van der Waals surface area (Å²) in [5, 5.41) is 6.20. The molecule has 0 aliphatic heterocycles. The summed E-state index contributed by atoms with van der Waals surface area (Å²) < 4.78 is 18.7. The van der Waals surface area contributed by atoms with E-state index in [2.05, 4.69) is 83.7 Å². The maximum absolute atomic E-state index is 14.1. The van der Waals surface area contributed by atoms with Crippen molar-refractivity contribution in [1.82, 2.24) is 4.40 Å². The SMILES string of the molecule is Cc1ccc2c3ccccc3n3c4cc(-c5cccc(F)c5)cc5cc[n+](C)c(c1c23)c54. The van der Waals surface area contributed by atoms with Crippen molar-refractivity contribution in [3.63, 3.8) is 0 Å². The van der Waals surface area contributed by atoms with Gasteiger partial charge in [0.15, 0.2) is 6.20 Å². The van der Waals surface area contributed by atoms with Crippen molar-refractivity contribution in [2.45, 2.75) is 6.92 Å². The van der Waals surface area contributed by atoms with Gasteiger partial charge in [0, 0.05) is 16.8 Å². The van der Waals surface area contributed by atoms with Crippen molar-refractivity contribution in [3.05, 3.63) is 96.4 Å². The smallest absolute Gasteiger partial charge is 0.224 e. The molecule has 2 nitrogen and oxygen atoms in total. The molecule has 152 valence electrons. The highest BCUT2D eigenvalue weighted by Gasteiger charge is 2.24. The minimum Gasteiger partial charge on any atom is -0.307 e. The summed E-state index contributed by atoms with van der Waals surface area (Å²) >= 11 is 0. The second-order valence-corrected chi connectivity index (χ2v) is 8.75. The number of benzene rings is 4. The fraction of sp³-hybridized carbons (Fsp3) is 0.0690. The molecule has 0 unspecified atom stereocenters. The fourth-order valence-electron chi connectivity index (χ4n) is 5.50. The predicted molar refractivity (Wildman–Crippen MR) is 130 cm³/mol. The average Bonchev–Trinajstić information content (AvgIpc) is 3.14. The van der Waals surface area contributed by atoms with Crippen LogP contribution < -0.4 is 4.57 Å². The van der Waals surface area contributed by atoms with E-state index in [1.807, 2.05) is 6.07 Å². The third-order valence-electron chi connectivity index (χ3n) is 6.90. The van der Waals surface area contributed by atoms with Crippen LogP contribution in [0.15, 0.2) is 85.1 Å². The summed E-state index contributed by atoms with van der Waals surface area (Å²) in [6.07, 6.45) is 2.13. The van der Waals surface area contributed by atoms with E-state index < -0.39 is 0 Å². The summed E-state index contributed by atoms with van der Waals surface area (Å²) in [5.74, 6) is -0.217. The van der Waals surface area contributed by atoms with Gasteiger partial charge in [-0.3, -0.25) is 0 Å². The Morgan fingerprint density at radius 2 is 1.62 bits per heavy atom. The molecule has 0 fully saturated rings. The zero-order valence-corrected chi connectivity index (χ0v) is 17.9. The summed E-state index contributed by atoms with van der Waals surface area (Å²) in [7, 11) is 2.12. The van der Waals surface area contributed by atoms with Crippen molar-refractivity contribution < 1.29 is 8.96 Å². The van der Waals surface area contributed by atoms with Gasteiger partial charge in [-0.05, 0) is 59.3 Å². The van der Waals surface area contributed by atoms with Crippen LogP contribution in [0, 0.1) is 12.7 Å². The van der Waals surface area contributed by atoms with Crippen molar-refractivity contribution in [2.75, 3.05) is 0 Å². The van der Waals surface area contributed by atoms with Gasteiger partial charge in [0.25, 0.3) is 0 Å². The number of pyridine rings is 2. The largest absolute Gasteiger partial charge is 0.307 e. The number of hydrogen-bond donors (Lipinski definition) is 0. The third-order valence-corrected chi connectivity index (χ3v) is 6.90. The molecule has 3 aromatic heterocycles. The minimum absolute atomic E-state index is 0.217. The lowest BCUT2D eigenvalue weighted by molar-refractivity contribution is -0.643. The second kappa shape index (κ2) is 6.04. The van der Waals surface area contributed by atoms with Gasteiger partial charge in [-0.15, -0.1) is 0 Å². The molecule has 0 amide bonds. The van der Waals surface area contributed by atoms with E-state index in [0.29, 0.717) is 0 Å². The molecule has 0 radical (unpaired) electrons. The molecule has 7 aromatic rings. The van der Waals surface area contributed by atoms with Crippen LogP contribution >= 0.6 is 0 Å². The third kappa shape index (κ3) is 2.15. The summed E-state index contributed by atoms with van der Waals surface area (Å²) in [6.45, 7) is 2.20. The number of fused-ring (bicyclic) bond motifs is 5. The van der Waals surface area contributed by atoms with Gasteiger partial charge in [0.1, 0.15) is 12.9 Å². The van der Waals surface area contributed by atoms with Gasteiger partial charge >= 0.3 is 0 Å². The lowest BCUT2D eigenvalue weighted by Gasteiger charge is -2.14. The molecule has 0 atom stereocenters. The number of para-hydroxylation sites is 1. The Hall–Kier alpha value is -3.98. The molecule has 32 heavy (non-hydrogen) atoms. The molecule has 7 rings (SSSR count). The molecule has 0 saturated carbocycles. The number of aromatic nitrogens is 2. The molecule has 0 saturated heterocycles. The van der Waals surface area contributed by atoms with E-state index in [1.54, 1.807) is 12.1 Å². The normalized spacial score (nSPS) is 12.2. The predicted octanol–water partition coefficient (Wildman–Crippen LogP) is 6.93. The number of nitrogens with zero attached hydrogens (tertiary/aromatic N) is 2. The van der Waals surface area contributed by atoms with Crippen molar-refractivity contribution in [3.8, 4) is 11.1 Å². The van der Waals surface area contributed by atoms with Crippen LogP contribution in [0.3, 0.4) is 0 Å². The van der Waals surface area contributed by atoms with E-state index in [9.17, 15) is 4.39 Å². The Kier molecular flexibility index (Phi) is 3.34. The number of rotatable bonds is 1. The highest BCUT2D eigenvalue weighted by molar-refractivity contribution is 6.26. The maximum atomic E-state index is 14.1. The van der Waals surface area contributed by atoms with Crippen LogP contribution in [0.25, 0.3) is 60.1 Å². The number of hydrogen-bond acceptors (Lipinski definition) is 0. The minimum atomic E-state index is -0.217. The molecule has 0 aliphatic rings. The van der Waals surface area contributed by atoms with Crippen LogP contribution in [-0.4, -0.2) is 4.40 Å². The first-order chi connectivity index (χ1) is 15.6. The molecule has 0 aliphatic carbocycles. The lowest BCUT2D eigenvalue weighted by atomic mass is 9.96. The zero-order valence-electron chi connectivity index (χ0n) is 17.9. The van der Waals surface area contributed by atoms with Crippen LogP contribution in [0.1, 0.15) is 5.56 Å². The van der Waals surface area contributed by atoms with E-state index in [4.69, 9.17) is 0 Å². The highest BCUT2D eigenvalue weighted by Crippen LogP contribution is 2.41. The average molecular weight is 415 g/mol. The summed E-state index contributed by atoms with van der Waals surface area (Å²) in [5.41, 5.74) is 8.01. The highest BCUT2D eigenvalue weighted by atomic mass is 19.1. The van der Waals surface area contributed by atoms with E-state index >= 15 is 0 Å². The summed E-state index contributed by atoms with van der Waals surface area (Å²) in [6, 6.07) is 26.5. The van der Waals surface area contributed by atoms with Gasteiger partial charge in [-0.1, -0.05) is 42.5 Å². The molecule has 0 N–H and O–H groups in total. The molecule has 3 heterocycles. The quantitative estimate of drug-likeness (QED) is 0.156. The molecule has 0 spiro atoms. The Bertz CT molecular complexity index is 1860. The van der Waals surface area contributed by atoms with Crippen LogP contribution in [0.4, 0.5) is 4.39 Å². The van der Waals surface area contributed by atoms with Crippen molar-refractivity contribution in [1.29, 1.82) is 0 Å². The monoisotopic (exact) mass is 415 g/mol. The van der Waals surface area contributed by atoms with E-state index in [1.165, 1.54) is 49.7 Å². The van der Waals surface area contributed by atoms with Crippen molar-refractivity contribution >= 4 is 49.0 Å². The van der Waals surface area contributed by atoms with Gasteiger partial charge in [0.05, 0.1) is 27.3 Å². The number of aryl methyl sites for hydroxylation is 2. The van der Waals surface area contributed by atoms with E-state index in [-0.39, 0.29) is 5.82 Å². The molecule has 3 heteroatoms. The number of halogens is 1. The van der Waals surface area contributed by atoms with Gasteiger partial charge in [-0.2, -0.15) is 0 Å². The van der Waals surface area contributed by atoms with E-state index in [0.717, 1.165) is 22.0 Å². The second-order valence-electron chi connectivity index (χ2n) is 8.75. The Balaban J connectivity index is 1.83. The Labute approximate surface area is 184 Å². The first-order valence-electron chi connectivity index (χ1n) is 10.9.